The number of azo groups is 1. The zero-order chi connectivity index (χ0) is 18.7. The molecule has 8 heteroatoms. The maximum absolute atomic E-state index is 11.0. The number of benzene rings is 2. The number of hydrogen-bond acceptors (Lipinski definition) is 7. The number of phenolic OH excluding ortho intramolecular Hbond substituents is 1. The van der Waals surface area contributed by atoms with Gasteiger partial charge in [0.1, 0.15) is 11.4 Å². The monoisotopic (exact) mass is 370 g/mol. The summed E-state index contributed by atoms with van der Waals surface area (Å²) < 4.78 is 0.722. The topological polar surface area (TPSA) is 98.4 Å². The molecular formula is C18H18N4O3S. The smallest absolute Gasteiger partial charge is 0.335 e. The predicted octanol–water partition coefficient (Wildman–Crippen LogP) is 4.96. The molecule has 3 aromatic rings. The van der Waals surface area contributed by atoms with Gasteiger partial charge in [-0.05, 0) is 44.2 Å². The summed E-state index contributed by atoms with van der Waals surface area (Å²) in [6.45, 7) is 5.80. The number of carboxylic acid groups (broad SMARTS) is 1. The number of carbonyl (C=O) groups is 1. The second kappa shape index (κ2) is 7.49. The number of aromatic hydroxyl groups is 1. The van der Waals surface area contributed by atoms with Gasteiger partial charge in [-0.15, -0.1) is 10.2 Å². The number of fused-ring (bicyclic) bond motifs is 1. The van der Waals surface area contributed by atoms with E-state index in [9.17, 15) is 9.90 Å². The Kier molecular flexibility index (Phi) is 5.13. The van der Waals surface area contributed by atoms with Crippen molar-refractivity contribution in [1.82, 2.24) is 4.98 Å². The summed E-state index contributed by atoms with van der Waals surface area (Å²) in [5.41, 5.74) is 2.14. The Bertz CT molecular complexity index is 980. The number of aromatic carboxylic acids is 1. The van der Waals surface area contributed by atoms with Gasteiger partial charge < -0.3 is 15.1 Å². The largest absolute Gasteiger partial charge is 0.506 e. The normalized spacial score (nSPS) is 11.3. The fraction of sp³-hybridized carbons (Fsp3) is 0.222. The van der Waals surface area contributed by atoms with Crippen molar-refractivity contribution < 1.29 is 15.0 Å². The molecule has 1 aromatic heterocycles. The lowest BCUT2D eigenvalue weighted by molar-refractivity contribution is 0.0697. The molecule has 0 fully saturated rings. The summed E-state index contributed by atoms with van der Waals surface area (Å²) in [7, 11) is 0. The summed E-state index contributed by atoms with van der Waals surface area (Å²) >= 11 is 1.24. The summed E-state index contributed by atoms with van der Waals surface area (Å²) in [4.78, 5) is 17.5. The van der Waals surface area contributed by atoms with Gasteiger partial charge in [0.25, 0.3) is 0 Å². The number of rotatable bonds is 6. The molecule has 3 rings (SSSR count). The van der Waals surface area contributed by atoms with E-state index >= 15 is 0 Å². The van der Waals surface area contributed by atoms with Crippen LogP contribution in [0.2, 0.25) is 0 Å². The molecule has 7 nitrogen and oxygen atoms in total. The lowest BCUT2D eigenvalue weighted by atomic mass is 10.2. The van der Waals surface area contributed by atoms with Crippen LogP contribution in [-0.2, 0) is 0 Å². The average Bonchev–Trinajstić information content (AvgIpc) is 3.04. The minimum Gasteiger partial charge on any atom is -0.506 e. The van der Waals surface area contributed by atoms with Gasteiger partial charge in [-0.2, -0.15) is 0 Å². The van der Waals surface area contributed by atoms with Gasteiger partial charge in [0.05, 0.1) is 15.8 Å². The van der Waals surface area contributed by atoms with Crippen LogP contribution in [0.5, 0.6) is 5.75 Å². The van der Waals surface area contributed by atoms with E-state index in [1.54, 1.807) is 24.3 Å². The third-order valence-corrected chi connectivity index (χ3v) is 4.86. The maximum atomic E-state index is 11.0. The Morgan fingerprint density at radius 1 is 1.15 bits per heavy atom. The first-order valence-corrected chi connectivity index (χ1v) is 8.97. The molecule has 1 heterocycles. The molecule has 0 aliphatic carbocycles. The molecule has 0 aliphatic heterocycles. The van der Waals surface area contributed by atoms with Crippen LogP contribution in [0.3, 0.4) is 0 Å². The molecule has 26 heavy (non-hydrogen) atoms. The number of anilines is 1. The van der Waals surface area contributed by atoms with Gasteiger partial charge in [0, 0.05) is 24.8 Å². The maximum Gasteiger partial charge on any atom is 0.335 e. The van der Waals surface area contributed by atoms with Crippen LogP contribution in [-0.4, -0.2) is 34.3 Å². The minimum absolute atomic E-state index is 0.0485. The fourth-order valence-corrected chi connectivity index (χ4v) is 3.39. The minimum atomic E-state index is -0.985. The highest BCUT2D eigenvalue weighted by Crippen LogP contribution is 2.34. The van der Waals surface area contributed by atoms with Crippen molar-refractivity contribution >= 4 is 44.0 Å². The van der Waals surface area contributed by atoms with Crippen molar-refractivity contribution in [3.05, 3.63) is 42.0 Å². The zero-order valence-electron chi connectivity index (χ0n) is 14.4. The molecule has 0 saturated heterocycles. The van der Waals surface area contributed by atoms with Crippen molar-refractivity contribution in [2.75, 3.05) is 18.0 Å². The summed E-state index contributed by atoms with van der Waals surface area (Å²) in [5.74, 6) is -0.936. The van der Waals surface area contributed by atoms with E-state index in [1.807, 2.05) is 6.07 Å². The molecule has 0 saturated carbocycles. The van der Waals surface area contributed by atoms with E-state index in [4.69, 9.17) is 5.11 Å². The highest BCUT2D eigenvalue weighted by atomic mass is 32.1. The number of aromatic nitrogens is 1. The number of thiazole rings is 1. The Hall–Kier alpha value is -3.00. The highest BCUT2D eigenvalue weighted by Gasteiger charge is 2.09. The van der Waals surface area contributed by atoms with Gasteiger partial charge in [-0.3, -0.25) is 0 Å². The second-order valence-corrected chi connectivity index (χ2v) is 6.54. The first kappa shape index (κ1) is 17.8. The molecule has 0 atom stereocenters. The molecule has 2 N–H and O–H groups in total. The van der Waals surface area contributed by atoms with E-state index in [-0.39, 0.29) is 11.3 Å². The Morgan fingerprint density at radius 2 is 1.92 bits per heavy atom. The highest BCUT2D eigenvalue weighted by molar-refractivity contribution is 7.21. The molecule has 134 valence electrons. The van der Waals surface area contributed by atoms with Crippen LogP contribution in [0.4, 0.5) is 16.5 Å². The summed E-state index contributed by atoms with van der Waals surface area (Å²) in [6.07, 6.45) is 0. The summed E-state index contributed by atoms with van der Waals surface area (Å²) in [6, 6.07) is 9.97. The van der Waals surface area contributed by atoms with Gasteiger partial charge in [-0.1, -0.05) is 11.3 Å². The fourth-order valence-electron chi connectivity index (χ4n) is 2.57. The van der Waals surface area contributed by atoms with Gasteiger partial charge in [0.15, 0.2) is 0 Å². The van der Waals surface area contributed by atoms with E-state index in [2.05, 4.69) is 34.0 Å². The lowest BCUT2D eigenvalue weighted by Crippen LogP contribution is -2.21. The standard InChI is InChI=1S/C18H18N4O3S/c1-3-22(4-2)12-6-8-13(15(23)10-12)20-21-18-19-14-7-5-11(17(24)25)9-16(14)26-18/h5-10,23H,3-4H2,1-2H3,(H,24,25). The molecule has 0 bridgehead atoms. The van der Waals surface area contributed by atoms with Crippen LogP contribution >= 0.6 is 11.3 Å². The Balaban J connectivity index is 1.85. The van der Waals surface area contributed by atoms with Gasteiger partial charge in [0.2, 0.25) is 5.13 Å². The predicted molar refractivity (Wildman–Crippen MR) is 102 cm³/mol. The van der Waals surface area contributed by atoms with Crippen LogP contribution in [0.15, 0.2) is 46.6 Å². The number of nitrogens with zero attached hydrogens (tertiary/aromatic N) is 4. The first-order chi connectivity index (χ1) is 12.5. The first-order valence-electron chi connectivity index (χ1n) is 8.15. The number of hydrogen-bond donors (Lipinski definition) is 2. The van der Waals surface area contributed by atoms with Crippen molar-refractivity contribution in [1.29, 1.82) is 0 Å². The van der Waals surface area contributed by atoms with E-state index in [0.29, 0.717) is 16.3 Å². The van der Waals surface area contributed by atoms with Crippen molar-refractivity contribution in [2.45, 2.75) is 13.8 Å². The second-order valence-electron chi connectivity index (χ2n) is 5.53. The van der Waals surface area contributed by atoms with Crippen molar-refractivity contribution in [2.24, 2.45) is 10.2 Å². The third kappa shape index (κ3) is 3.65. The van der Waals surface area contributed by atoms with Crippen LogP contribution in [0.1, 0.15) is 24.2 Å². The molecule has 2 aromatic carbocycles. The molecule has 0 aliphatic rings. The molecular weight excluding hydrogens is 352 g/mol. The van der Waals surface area contributed by atoms with E-state index in [0.717, 1.165) is 23.5 Å². The molecule has 0 unspecified atom stereocenters. The lowest BCUT2D eigenvalue weighted by Gasteiger charge is -2.21. The van der Waals surface area contributed by atoms with Gasteiger partial charge in [-0.25, -0.2) is 9.78 Å². The van der Waals surface area contributed by atoms with Crippen molar-refractivity contribution in [3.63, 3.8) is 0 Å². The van der Waals surface area contributed by atoms with Crippen LogP contribution in [0, 0.1) is 0 Å². The van der Waals surface area contributed by atoms with Crippen LogP contribution in [0.25, 0.3) is 10.2 Å². The zero-order valence-corrected chi connectivity index (χ0v) is 15.2. The van der Waals surface area contributed by atoms with E-state index in [1.165, 1.54) is 17.4 Å². The number of phenols is 1. The SMILES string of the molecule is CCN(CC)c1ccc(N=Nc2nc3ccc(C(=O)O)cc3s2)c(O)c1. The van der Waals surface area contributed by atoms with Gasteiger partial charge >= 0.3 is 5.97 Å². The molecule has 0 radical (unpaired) electrons. The molecule has 0 amide bonds. The van der Waals surface area contributed by atoms with Crippen molar-refractivity contribution in [3.8, 4) is 5.75 Å². The number of carboxylic acids is 1. The van der Waals surface area contributed by atoms with E-state index < -0.39 is 5.97 Å². The van der Waals surface area contributed by atoms with Crippen LogP contribution < -0.4 is 4.90 Å². The molecule has 0 spiro atoms. The Morgan fingerprint density at radius 3 is 2.58 bits per heavy atom. The Labute approximate surface area is 154 Å². The third-order valence-electron chi connectivity index (χ3n) is 3.95. The average molecular weight is 370 g/mol. The summed E-state index contributed by atoms with van der Waals surface area (Å²) in [5, 5.41) is 27.8. The quantitative estimate of drug-likeness (QED) is 0.597.